The lowest BCUT2D eigenvalue weighted by atomic mass is 9.78. The highest BCUT2D eigenvalue weighted by Crippen LogP contribution is 2.33. The molecule has 29 heavy (non-hydrogen) atoms. The van der Waals surface area contributed by atoms with E-state index in [4.69, 9.17) is 16.2 Å². The molecule has 1 fully saturated rings. The van der Waals surface area contributed by atoms with E-state index >= 15 is 0 Å². The van der Waals surface area contributed by atoms with Crippen molar-refractivity contribution in [1.82, 2.24) is 4.90 Å². The number of nitrogens with one attached hydrogen (secondary N) is 1. The third kappa shape index (κ3) is 5.10. The summed E-state index contributed by atoms with van der Waals surface area (Å²) >= 11 is 0. The molecule has 156 valence electrons. The Morgan fingerprint density at radius 2 is 1.69 bits per heavy atom. The third-order valence-electron chi connectivity index (χ3n) is 5.56. The lowest BCUT2D eigenvalue weighted by molar-refractivity contribution is -0.141. The Labute approximate surface area is 171 Å². The zero-order valence-corrected chi connectivity index (χ0v) is 17.2. The molecule has 1 amide bonds. The maximum atomic E-state index is 13.2. The first-order valence-corrected chi connectivity index (χ1v) is 9.75. The highest BCUT2D eigenvalue weighted by atomic mass is 16.4. The fourth-order valence-electron chi connectivity index (χ4n) is 3.83. The number of benzene rings is 1. The van der Waals surface area contributed by atoms with Crippen LogP contribution in [0.5, 0.6) is 0 Å². The number of nitrogens with two attached hydrogens (primary N) is 1. The van der Waals surface area contributed by atoms with Crippen LogP contribution in [0, 0.1) is 16.7 Å². The fraction of sp³-hybridized carbons (Fsp3) is 0.455. The summed E-state index contributed by atoms with van der Waals surface area (Å²) in [6, 6.07) is 6.46. The molecule has 0 unspecified atom stereocenters. The van der Waals surface area contributed by atoms with Crippen molar-refractivity contribution in [1.29, 1.82) is 5.41 Å². The first kappa shape index (κ1) is 22.3. The van der Waals surface area contributed by atoms with E-state index in [9.17, 15) is 14.4 Å². The number of allylic oxidation sites excluding steroid dienone is 1. The molecular formula is C22H29N3O4. The number of carboxylic acids is 1. The van der Waals surface area contributed by atoms with Crippen LogP contribution in [-0.4, -0.2) is 46.6 Å². The van der Waals surface area contributed by atoms with Crippen LogP contribution in [0.3, 0.4) is 0 Å². The topological polar surface area (TPSA) is 125 Å². The number of carboxylic acid groups (broad SMARTS) is 1. The summed E-state index contributed by atoms with van der Waals surface area (Å²) in [6.07, 6.45) is 3.11. The monoisotopic (exact) mass is 399 g/mol. The highest BCUT2D eigenvalue weighted by molar-refractivity contribution is 6.13. The van der Waals surface area contributed by atoms with Gasteiger partial charge in [-0.3, -0.25) is 19.8 Å². The molecule has 0 saturated carbocycles. The van der Waals surface area contributed by atoms with Gasteiger partial charge in [-0.2, -0.15) is 0 Å². The van der Waals surface area contributed by atoms with Gasteiger partial charge in [-0.05, 0) is 39.5 Å². The summed E-state index contributed by atoms with van der Waals surface area (Å²) in [5, 5.41) is 16.4. The van der Waals surface area contributed by atoms with Crippen molar-refractivity contribution in [2.45, 2.75) is 40.0 Å². The molecule has 1 aliphatic rings. The third-order valence-corrected chi connectivity index (χ3v) is 5.56. The molecule has 2 rings (SSSR count). The number of hydrogen-bond acceptors (Lipinski definition) is 4. The van der Waals surface area contributed by atoms with Gasteiger partial charge in [-0.25, -0.2) is 0 Å². The normalized spacial score (nSPS) is 15.8. The van der Waals surface area contributed by atoms with Crippen molar-refractivity contribution in [2.75, 3.05) is 13.1 Å². The Morgan fingerprint density at radius 1 is 1.17 bits per heavy atom. The molecule has 0 atom stereocenters. The Morgan fingerprint density at radius 3 is 2.14 bits per heavy atom. The number of nitrogens with zero attached hydrogens (tertiary/aromatic N) is 1. The van der Waals surface area contributed by atoms with Crippen LogP contribution in [0.4, 0.5) is 0 Å². The molecule has 1 saturated heterocycles. The van der Waals surface area contributed by atoms with Crippen molar-refractivity contribution in [3.05, 3.63) is 47.0 Å². The van der Waals surface area contributed by atoms with Gasteiger partial charge in [-0.15, -0.1) is 0 Å². The Hall–Kier alpha value is -2.96. The number of carbonyl (C=O) groups is 3. The minimum Gasteiger partial charge on any atom is -0.481 e. The molecule has 1 aromatic carbocycles. The molecule has 7 heteroatoms. The van der Waals surface area contributed by atoms with Crippen LogP contribution in [0.1, 0.15) is 56.0 Å². The van der Waals surface area contributed by atoms with Crippen LogP contribution in [-0.2, 0) is 9.59 Å². The Bertz CT molecular complexity index is 832. The van der Waals surface area contributed by atoms with Gasteiger partial charge in [0.05, 0.1) is 5.41 Å². The number of ketones is 1. The molecule has 7 nitrogen and oxygen atoms in total. The number of amides is 1. The zero-order chi connectivity index (χ0) is 21.8. The van der Waals surface area contributed by atoms with Crippen LogP contribution in [0.25, 0.3) is 0 Å². The van der Waals surface area contributed by atoms with Crippen LogP contribution >= 0.6 is 0 Å². The molecule has 0 bridgehead atoms. The van der Waals surface area contributed by atoms with Crippen molar-refractivity contribution < 1.29 is 19.5 Å². The average Bonchev–Trinajstić information content (AvgIpc) is 2.67. The summed E-state index contributed by atoms with van der Waals surface area (Å²) in [6.45, 7) is 6.23. The maximum Gasteiger partial charge on any atom is 0.303 e. The lowest BCUT2D eigenvalue weighted by Gasteiger charge is -2.37. The lowest BCUT2D eigenvalue weighted by Crippen LogP contribution is -2.47. The van der Waals surface area contributed by atoms with Gasteiger partial charge in [0.25, 0.3) is 0 Å². The second-order valence-corrected chi connectivity index (χ2v) is 7.98. The molecule has 1 aromatic rings. The number of nitrogen functional groups attached to an aromatic ring is 1. The second-order valence-electron chi connectivity index (χ2n) is 7.98. The summed E-state index contributed by atoms with van der Waals surface area (Å²) in [4.78, 5) is 38.9. The van der Waals surface area contributed by atoms with Crippen molar-refractivity contribution in [2.24, 2.45) is 17.1 Å². The molecular weight excluding hydrogens is 370 g/mol. The number of rotatable bonds is 7. The van der Waals surface area contributed by atoms with Crippen molar-refractivity contribution in [3.63, 3.8) is 0 Å². The van der Waals surface area contributed by atoms with Crippen molar-refractivity contribution >= 4 is 23.5 Å². The summed E-state index contributed by atoms with van der Waals surface area (Å²) in [7, 11) is 0. The number of amidine groups is 1. The molecule has 0 aliphatic carbocycles. The molecule has 0 radical (unpaired) electrons. The van der Waals surface area contributed by atoms with Gasteiger partial charge >= 0.3 is 5.97 Å². The van der Waals surface area contributed by atoms with Gasteiger partial charge in [0.1, 0.15) is 5.84 Å². The van der Waals surface area contributed by atoms with Gasteiger partial charge in [-0.1, -0.05) is 30.3 Å². The number of carbonyl (C=O) groups excluding carboxylic acids is 2. The number of Topliss-reactive ketones (excluding diaryl/α,β-unsaturated/α-hetero) is 1. The first-order chi connectivity index (χ1) is 13.6. The average molecular weight is 399 g/mol. The minimum absolute atomic E-state index is 0.0722. The standard InChI is InChI=1S/C22H29N3O4/c1-4-17(19(28)15-5-7-16(8-6-15)20(23)24)22(2,3)21(29)25-11-9-14(10-12-25)13-18(26)27/h4-8,14H,9-13H2,1-3H3,(H3,23,24)(H,26,27). The SMILES string of the molecule is CC=C(C(=O)c1ccc(C(=N)N)cc1)C(C)(C)C(=O)N1CCC(CC(=O)O)CC1. The Kier molecular flexibility index (Phi) is 6.95. The number of likely N-dealkylation sites (tertiary alicyclic amines) is 1. The van der Waals surface area contributed by atoms with E-state index in [2.05, 4.69) is 0 Å². The first-order valence-electron chi connectivity index (χ1n) is 9.75. The molecule has 1 heterocycles. The second kappa shape index (κ2) is 9.03. The van der Waals surface area contributed by atoms with E-state index in [-0.39, 0.29) is 29.9 Å². The van der Waals surface area contributed by atoms with Crippen molar-refractivity contribution in [3.8, 4) is 0 Å². The number of aliphatic carboxylic acids is 1. The predicted octanol–water partition coefficient (Wildman–Crippen LogP) is 2.84. The van der Waals surface area contributed by atoms with Gasteiger partial charge in [0, 0.05) is 36.2 Å². The zero-order valence-electron chi connectivity index (χ0n) is 17.2. The maximum absolute atomic E-state index is 13.2. The summed E-state index contributed by atoms with van der Waals surface area (Å²) < 4.78 is 0. The van der Waals surface area contributed by atoms with Crippen LogP contribution < -0.4 is 5.73 Å². The van der Waals surface area contributed by atoms with E-state index in [0.29, 0.717) is 42.6 Å². The fourth-order valence-corrected chi connectivity index (χ4v) is 3.83. The Balaban J connectivity index is 2.14. The van der Waals surface area contributed by atoms with Gasteiger partial charge < -0.3 is 15.7 Å². The van der Waals surface area contributed by atoms with E-state index < -0.39 is 11.4 Å². The molecule has 0 spiro atoms. The van der Waals surface area contributed by atoms with Crippen LogP contribution in [0.2, 0.25) is 0 Å². The minimum atomic E-state index is -1.01. The van der Waals surface area contributed by atoms with Gasteiger partial charge in [0.15, 0.2) is 5.78 Å². The van der Waals surface area contributed by atoms with E-state index in [1.54, 1.807) is 56.0 Å². The largest absolute Gasteiger partial charge is 0.481 e. The highest BCUT2D eigenvalue weighted by Gasteiger charge is 2.39. The molecule has 1 aliphatic heterocycles. The van der Waals surface area contributed by atoms with E-state index in [0.717, 1.165) is 0 Å². The molecule has 0 aromatic heterocycles. The van der Waals surface area contributed by atoms with E-state index in [1.807, 2.05) is 0 Å². The summed E-state index contributed by atoms with van der Waals surface area (Å²) in [5.41, 5.74) is 5.82. The smallest absolute Gasteiger partial charge is 0.303 e. The predicted molar refractivity (Wildman–Crippen MR) is 111 cm³/mol. The van der Waals surface area contributed by atoms with E-state index in [1.165, 1.54) is 0 Å². The summed E-state index contributed by atoms with van der Waals surface area (Å²) in [5.74, 6) is -1.16. The van der Waals surface area contributed by atoms with Gasteiger partial charge in [0.2, 0.25) is 5.91 Å². The van der Waals surface area contributed by atoms with Crippen LogP contribution in [0.15, 0.2) is 35.9 Å². The number of piperidine rings is 1. The quantitative estimate of drug-likeness (QED) is 0.281. The number of hydrogen-bond donors (Lipinski definition) is 3. The molecule has 4 N–H and O–H groups in total.